The summed E-state index contributed by atoms with van der Waals surface area (Å²) < 4.78 is 6.56. The van der Waals surface area contributed by atoms with E-state index in [1.807, 2.05) is 0 Å². The maximum atomic E-state index is 12.4. The number of carboxylic acid groups (broad SMARTS) is 1. The molecule has 0 aliphatic heterocycles. The number of amides is 1. The first kappa shape index (κ1) is 16.5. The predicted octanol–water partition coefficient (Wildman–Crippen LogP) is 0.790. The third-order valence-electron chi connectivity index (χ3n) is 3.84. The molecule has 0 aliphatic carbocycles. The molecule has 0 radical (unpaired) electrons. The summed E-state index contributed by atoms with van der Waals surface area (Å²) in [6, 6.07) is 3.03. The Bertz CT molecular complexity index is 1030. The Morgan fingerprint density at radius 1 is 1.40 bits per heavy atom. The molecule has 130 valence electrons. The smallest absolute Gasteiger partial charge is 0.339 e. The lowest BCUT2D eigenvalue weighted by Gasteiger charge is -2.06. The van der Waals surface area contributed by atoms with E-state index in [0.29, 0.717) is 22.7 Å². The summed E-state index contributed by atoms with van der Waals surface area (Å²) in [7, 11) is 0. The summed E-state index contributed by atoms with van der Waals surface area (Å²) in [6.45, 7) is 3.24. The highest BCUT2D eigenvalue weighted by Gasteiger charge is 2.16. The van der Waals surface area contributed by atoms with Crippen LogP contribution >= 0.6 is 0 Å². The first-order chi connectivity index (χ1) is 11.9. The van der Waals surface area contributed by atoms with E-state index < -0.39 is 5.97 Å². The number of nitrogens with one attached hydrogen (secondary N) is 2. The minimum atomic E-state index is -1.09. The number of carboxylic acids is 1. The summed E-state index contributed by atoms with van der Waals surface area (Å²) >= 11 is 0. The Kier molecular flexibility index (Phi) is 4.14. The van der Waals surface area contributed by atoms with Crippen LogP contribution in [0.5, 0.6) is 0 Å². The zero-order valence-electron chi connectivity index (χ0n) is 13.6. The lowest BCUT2D eigenvalue weighted by molar-refractivity contribution is -0.120. The van der Waals surface area contributed by atoms with Gasteiger partial charge in [0.25, 0.3) is 5.56 Å². The molecule has 9 heteroatoms. The number of aromatic carboxylic acids is 1. The Balaban J connectivity index is 1.72. The number of rotatable bonds is 5. The molecule has 9 nitrogen and oxygen atoms in total. The van der Waals surface area contributed by atoms with Crippen LogP contribution in [-0.4, -0.2) is 31.6 Å². The van der Waals surface area contributed by atoms with Gasteiger partial charge in [-0.05, 0) is 19.9 Å². The number of nitrogens with zero attached hydrogens (tertiary/aromatic N) is 2. The quantitative estimate of drug-likeness (QED) is 0.627. The van der Waals surface area contributed by atoms with Crippen LogP contribution in [0.2, 0.25) is 0 Å². The van der Waals surface area contributed by atoms with Crippen LogP contribution in [0.1, 0.15) is 33.1 Å². The third-order valence-corrected chi connectivity index (χ3v) is 3.84. The van der Waals surface area contributed by atoms with Crippen molar-refractivity contribution in [1.29, 1.82) is 0 Å². The summed E-state index contributed by atoms with van der Waals surface area (Å²) in [5.41, 5.74) is 0.990. The molecular weight excluding hydrogens is 328 g/mol. The number of carbonyl (C=O) groups is 2. The van der Waals surface area contributed by atoms with Crippen molar-refractivity contribution in [2.75, 3.05) is 0 Å². The van der Waals surface area contributed by atoms with Crippen LogP contribution in [0.15, 0.2) is 27.5 Å². The van der Waals surface area contributed by atoms with Gasteiger partial charge < -0.3 is 14.8 Å². The van der Waals surface area contributed by atoms with Gasteiger partial charge in [0, 0.05) is 23.5 Å². The molecule has 0 aliphatic rings. The monoisotopic (exact) mass is 344 g/mol. The SMILES string of the molecule is Cc1nc2cc[nH]n2c(=O)c1CC(=O)NCc1cc(C(=O)O)c(C)o1. The van der Waals surface area contributed by atoms with Gasteiger partial charge in [-0.3, -0.25) is 14.7 Å². The molecule has 0 bridgehead atoms. The summed E-state index contributed by atoms with van der Waals surface area (Å²) in [4.78, 5) is 39.8. The van der Waals surface area contributed by atoms with E-state index in [1.54, 1.807) is 19.2 Å². The average molecular weight is 344 g/mol. The highest BCUT2D eigenvalue weighted by molar-refractivity contribution is 5.88. The van der Waals surface area contributed by atoms with Crippen molar-refractivity contribution in [2.45, 2.75) is 26.8 Å². The molecular formula is C16H16N4O5. The minimum Gasteiger partial charge on any atom is -0.478 e. The van der Waals surface area contributed by atoms with Crippen LogP contribution in [-0.2, 0) is 17.8 Å². The molecule has 0 saturated heterocycles. The number of fused-ring (bicyclic) bond motifs is 1. The molecule has 3 aromatic rings. The number of hydrogen-bond donors (Lipinski definition) is 3. The zero-order valence-corrected chi connectivity index (χ0v) is 13.6. The van der Waals surface area contributed by atoms with E-state index in [4.69, 9.17) is 9.52 Å². The second kappa shape index (κ2) is 6.27. The van der Waals surface area contributed by atoms with Gasteiger partial charge in [-0.2, -0.15) is 0 Å². The lowest BCUT2D eigenvalue weighted by Crippen LogP contribution is -2.30. The molecule has 3 rings (SSSR count). The fourth-order valence-corrected chi connectivity index (χ4v) is 2.56. The largest absolute Gasteiger partial charge is 0.478 e. The van der Waals surface area contributed by atoms with Crippen molar-refractivity contribution >= 4 is 17.5 Å². The van der Waals surface area contributed by atoms with Gasteiger partial charge in [-0.25, -0.2) is 14.3 Å². The fourth-order valence-electron chi connectivity index (χ4n) is 2.56. The number of hydrogen-bond acceptors (Lipinski definition) is 5. The van der Waals surface area contributed by atoms with E-state index in [1.165, 1.54) is 17.5 Å². The Hall–Kier alpha value is -3.36. The van der Waals surface area contributed by atoms with Gasteiger partial charge in [-0.1, -0.05) is 0 Å². The van der Waals surface area contributed by atoms with Gasteiger partial charge in [0.2, 0.25) is 5.91 Å². The average Bonchev–Trinajstić information content (AvgIpc) is 3.15. The minimum absolute atomic E-state index is 0.0332. The molecule has 0 atom stereocenters. The molecule has 0 fully saturated rings. The highest BCUT2D eigenvalue weighted by atomic mass is 16.4. The third kappa shape index (κ3) is 3.16. The van der Waals surface area contributed by atoms with Crippen molar-refractivity contribution in [2.24, 2.45) is 0 Å². The molecule has 3 heterocycles. The summed E-state index contributed by atoms with van der Waals surface area (Å²) in [6.07, 6.45) is 1.46. The van der Waals surface area contributed by atoms with Gasteiger partial charge in [0.1, 0.15) is 17.1 Å². The van der Waals surface area contributed by atoms with Crippen LogP contribution in [0, 0.1) is 13.8 Å². The molecule has 0 unspecified atom stereocenters. The summed E-state index contributed by atoms with van der Waals surface area (Å²) in [5, 5.41) is 14.3. The van der Waals surface area contributed by atoms with Gasteiger partial charge in [0.15, 0.2) is 5.65 Å². The van der Waals surface area contributed by atoms with Crippen LogP contribution < -0.4 is 10.9 Å². The maximum Gasteiger partial charge on any atom is 0.339 e. The number of aryl methyl sites for hydroxylation is 2. The number of aromatic amines is 1. The first-order valence-electron chi connectivity index (χ1n) is 7.51. The number of H-pyrrole nitrogens is 1. The van der Waals surface area contributed by atoms with Gasteiger partial charge >= 0.3 is 5.97 Å². The van der Waals surface area contributed by atoms with Crippen molar-refractivity contribution in [3.05, 3.63) is 57.0 Å². The number of aromatic nitrogens is 3. The van der Waals surface area contributed by atoms with E-state index in [0.717, 1.165) is 0 Å². The van der Waals surface area contributed by atoms with Crippen molar-refractivity contribution in [3.63, 3.8) is 0 Å². The van der Waals surface area contributed by atoms with Gasteiger partial charge in [0.05, 0.1) is 13.0 Å². The Morgan fingerprint density at radius 3 is 2.84 bits per heavy atom. The van der Waals surface area contributed by atoms with Gasteiger partial charge in [-0.15, -0.1) is 0 Å². The fraction of sp³-hybridized carbons (Fsp3) is 0.250. The van der Waals surface area contributed by atoms with E-state index >= 15 is 0 Å². The van der Waals surface area contributed by atoms with Crippen LogP contribution in [0.25, 0.3) is 5.65 Å². The molecule has 25 heavy (non-hydrogen) atoms. The highest BCUT2D eigenvalue weighted by Crippen LogP contribution is 2.14. The molecule has 0 saturated carbocycles. The topological polar surface area (TPSA) is 130 Å². The molecule has 1 amide bonds. The Morgan fingerprint density at radius 2 is 2.16 bits per heavy atom. The Labute approximate surface area is 141 Å². The molecule has 3 aromatic heterocycles. The zero-order chi connectivity index (χ0) is 18.1. The predicted molar refractivity (Wildman–Crippen MR) is 86.5 cm³/mol. The maximum absolute atomic E-state index is 12.4. The van der Waals surface area contributed by atoms with E-state index in [-0.39, 0.29) is 35.8 Å². The molecule has 3 N–H and O–H groups in total. The summed E-state index contributed by atoms with van der Waals surface area (Å²) in [5.74, 6) is -0.880. The second-order valence-corrected chi connectivity index (χ2v) is 5.58. The molecule has 0 spiro atoms. The normalized spacial score (nSPS) is 11.0. The molecule has 0 aromatic carbocycles. The first-order valence-corrected chi connectivity index (χ1v) is 7.51. The lowest BCUT2D eigenvalue weighted by atomic mass is 10.1. The van der Waals surface area contributed by atoms with Crippen molar-refractivity contribution in [1.82, 2.24) is 19.9 Å². The van der Waals surface area contributed by atoms with E-state index in [9.17, 15) is 14.4 Å². The standard InChI is InChI=1S/C16H16N4O5/c1-8-11(15(22)20-13(19-8)3-4-18-20)6-14(21)17-7-10-5-12(16(23)24)9(2)25-10/h3-5,18H,6-7H2,1-2H3,(H,17,21)(H,23,24). The van der Waals surface area contributed by atoms with Crippen LogP contribution in [0.3, 0.4) is 0 Å². The number of furan rings is 1. The van der Waals surface area contributed by atoms with Crippen molar-refractivity contribution < 1.29 is 19.1 Å². The van der Waals surface area contributed by atoms with Crippen molar-refractivity contribution in [3.8, 4) is 0 Å². The van der Waals surface area contributed by atoms with E-state index in [2.05, 4.69) is 15.4 Å². The number of carbonyl (C=O) groups excluding carboxylic acids is 1. The van der Waals surface area contributed by atoms with Crippen LogP contribution in [0.4, 0.5) is 0 Å². The second-order valence-electron chi connectivity index (χ2n) is 5.58.